The number of nitrogens with two attached hydrogens (primary N) is 1. The topological polar surface area (TPSA) is 354 Å². The Balaban J connectivity index is 0. The number of hydrazine groups is 1. The molecule has 7 N–H and O–H groups in total. The molecule has 0 atom stereocenters. The fourth-order valence-corrected chi connectivity index (χ4v) is 4.54. The van der Waals surface area contributed by atoms with Gasteiger partial charge >= 0.3 is 11.9 Å². The van der Waals surface area contributed by atoms with Crippen LogP contribution in [-0.2, 0) is 100 Å². The Morgan fingerprint density at radius 2 is 0.676 bits per heavy atom. The minimum Gasteiger partial charge on any atom is -0.481 e. The number of amides is 6. The standard InChI is InChI=1S/C17H28N2O9.C13H27N3O6.C13H25NO7/c1-14(20)18-5-7-25-9-11-27-13-12-26-10-8-24-6-4-17(23)28-19-15(21)2-3-16(19)22;1-12(17)15-3-5-20-7-9-22-11-10-21-8-6-19-4-2-13(18)16-14;1-12(15)14-3-5-19-7-9-21-11-10-20-8-6-18-4-2-13(16)17/h2-13H2,1H3,(H,18,20);2-11,14H2,1H3,(H,15,17)(H,16,18);2-11H2,1H3,(H,14,15)(H,16,17). The zero-order valence-corrected chi connectivity index (χ0v) is 41.7. The Morgan fingerprint density at radius 3 is 0.944 bits per heavy atom. The van der Waals surface area contributed by atoms with Crippen molar-refractivity contribution in [3.8, 4) is 0 Å². The molecule has 1 aliphatic rings. The molecule has 0 bridgehead atoms. The fraction of sp³-hybridized carbons (Fsp3) is 0.814. The quantitative estimate of drug-likeness (QED) is 0.0120. The van der Waals surface area contributed by atoms with E-state index in [-0.39, 0.29) is 68.9 Å². The highest BCUT2D eigenvalue weighted by Crippen LogP contribution is 2.12. The molecule has 1 heterocycles. The molecule has 0 saturated carbocycles. The molecule has 0 spiro atoms. The average Bonchev–Trinajstić information content (AvgIpc) is 3.64. The third-order valence-electron chi connectivity index (χ3n) is 7.95. The summed E-state index contributed by atoms with van der Waals surface area (Å²) in [5, 5.41) is 16.8. The smallest absolute Gasteiger partial charge is 0.335 e. The van der Waals surface area contributed by atoms with Gasteiger partial charge in [-0.25, -0.2) is 10.6 Å². The summed E-state index contributed by atoms with van der Waals surface area (Å²) in [7, 11) is 0. The largest absolute Gasteiger partial charge is 0.481 e. The van der Waals surface area contributed by atoms with E-state index >= 15 is 0 Å². The van der Waals surface area contributed by atoms with E-state index in [4.69, 9.17) is 72.6 Å². The van der Waals surface area contributed by atoms with E-state index in [2.05, 4.69) is 16.0 Å². The Bertz CT molecular complexity index is 1340. The van der Waals surface area contributed by atoms with Crippen LogP contribution in [0.4, 0.5) is 0 Å². The number of hydrogen-bond acceptors (Lipinski definition) is 22. The number of ether oxygens (including phenoxy) is 12. The number of nitrogens with one attached hydrogen (secondary N) is 4. The summed E-state index contributed by atoms with van der Waals surface area (Å²) in [6, 6.07) is 0. The van der Waals surface area contributed by atoms with E-state index in [1.807, 2.05) is 5.43 Å². The van der Waals surface area contributed by atoms with Gasteiger partial charge in [-0.3, -0.25) is 39.0 Å². The number of aliphatic carboxylic acids is 1. The predicted octanol–water partition coefficient (Wildman–Crippen LogP) is -2.58. The van der Waals surface area contributed by atoms with Gasteiger partial charge in [0.25, 0.3) is 11.8 Å². The van der Waals surface area contributed by atoms with E-state index in [0.29, 0.717) is 170 Å². The number of carboxylic acid groups (broad SMARTS) is 1. The Kier molecular flexibility index (Phi) is 51.4. The molecule has 0 aromatic carbocycles. The lowest BCUT2D eigenvalue weighted by Gasteiger charge is -2.12. The fourth-order valence-electron chi connectivity index (χ4n) is 4.54. The second kappa shape index (κ2) is 53.2. The van der Waals surface area contributed by atoms with Crippen molar-refractivity contribution in [3.05, 3.63) is 0 Å². The van der Waals surface area contributed by atoms with Crippen molar-refractivity contribution in [2.24, 2.45) is 5.84 Å². The van der Waals surface area contributed by atoms with Crippen LogP contribution in [-0.4, -0.2) is 236 Å². The van der Waals surface area contributed by atoms with Gasteiger partial charge in [0.15, 0.2) is 0 Å². The van der Waals surface area contributed by atoms with Crippen LogP contribution in [0.2, 0.25) is 0 Å². The summed E-state index contributed by atoms with van der Waals surface area (Å²) in [5.41, 5.74) is 2.02. The molecular formula is C43H80N6O22. The first-order valence-electron chi connectivity index (χ1n) is 23.2. The number of carbonyl (C=O) groups excluding carboxylic acids is 7. The van der Waals surface area contributed by atoms with Crippen LogP contribution in [0.3, 0.4) is 0 Å². The zero-order chi connectivity index (χ0) is 52.8. The molecule has 6 amide bonds. The van der Waals surface area contributed by atoms with Gasteiger partial charge in [0, 0.05) is 53.2 Å². The van der Waals surface area contributed by atoms with Crippen LogP contribution >= 0.6 is 0 Å². The van der Waals surface area contributed by atoms with Crippen LogP contribution in [0.25, 0.3) is 0 Å². The summed E-state index contributed by atoms with van der Waals surface area (Å²) in [6.07, 6.45) is 0.305. The number of hydroxylamine groups is 2. The number of nitrogens with zero attached hydrogens (tertiary/aromatic N) is 1. The van der Waals surface area contributed by atoms with Gasteiger partial charge < -0.3 is 82.7 Å². The highest BCUT2D eigenvalue weighted by atomic mass is 16.7. The van der Waals surface area contributed by atoms with Gasteiger partial charge in [-0.2, -0.15) is 0 Å². The van der Waals surface area contributed by atoms with Crippen LogP contribution in [0.1, 0.15) is 52.9 Å². The minimum absolute atomic E-state index is 0.00501. The van der Waals surface area contributed by atoms with Crippen molar-refractivity contribution >= 4 is 47.4 Å². The molecule has 414 valence electrons. The van der Waals surface area contributed by atoms with Crippen LogP contribution in [0.5, 0.6) is 0 Å². The second-order valence-electron chi connectivity index (χ2n) is 14.1. The summed E-state index contributed by atoms with van der Waals surface area (Å²) >= 11 is 0. The van der Waals surface area contributed by atoms with Crippen molar-refractivity contribution in [3.63, 3.8) is 0 Å². The minimum atomic E-state index is -0.872. The van der Waals surface area contributed by atoms with E-state index in [1.54, 1.807) is 0 Å². The van der Waals surface area contributed by atoms with Crippen molar-refractivity contribution in [2.45, 2.75) is 52.9 Å². The number of imide groups is 1. The van der Waals surface area contributed by atoms with Crippen LogP contribution in [0.15, 0.2) is 0 Å². The summed E-state index contributed by atoms with van der Waals surface area (Å²) < 4.78 is 62.8. The molecule has 71 heavy (non-hydrogen) atoms. The van der Waals surface area contributed by atoms with E-state index in [1.165, 1.54) is 20.8 Å². The maximum Gasteiger partial charge on any atom is 0.335 e. The van der Waals surface area contributed by atoms with Gasteiger partial charge in [0.1, 0.15) is 0 Å². The van der Waals surface area contributed by atoms with Gasteiger partial charge in [-0.15, -0.1) is 5.06 Å². The molecule has 0 aromatic rings. The van der Waals surface area contributed by atoms with Gasteiger partial charge in [0.2, 0.25) is 23.6 Å². The first-order chi connectivity index (χ1) is 34.3. The average molecular weight is 1030 g/mol. The molecule has 0 aromatic heterocycles. The van der Waals surface area contributed by atoms with Gasteiger partial charge in [-0.05, 0) is 0 Å². The monoisotopic (exact) mass is 1030 g/mol. The van der Waals surface area contributed by atoms with Crippen molar-refractivity contribution < 1.29 is 105 Å². The molecular weight excluding hydrogens is 952 g/mol. The molecule has 1 fully saturated rings. The number of carbonyl (C=O) groups is 8. The Morgan fingerprint density at radius 1 is 0.423 bits per heavy atom. The Hall–Kier alpha value is -4.56. The predicted molar refractivity (Wildman–Crippen MR) is 247 cm³/mol. The molecule has 0 aliphatic carbocycles. The molecule has 1 aliphatic heterocycles. The molecule has 28 heteroatoms. The van der Waals surface area contributed by atoms with E-state index in [0.717, 1.165) is 0 Å². The van der Waals surface area contributed by atoms with Crippen molar-refractivity contribution in [1.82, 2.24) is 26.4 Å². The lowest BCUT2D eigenvalue weighted by Crippen LogP contribution is -2.32. The summed E-state index contributed by atoms with van der Waals surface area (Å²) in [5.74, 6) is 1.86. The molecule has 0 radical (unpaired) electrons. The number of carboxylic acids is 1. The molecule has 0 unspecified atom stereocenters. The Labute approximate surface area is 415 Å². The lowest BCUT2D eigenvalue weighted by molar-refractivity contribution is -0.198. The van der Waals surface area contributed by atoms with Crippen LogP contribution < -0.4 is 27.2 Å². The maximum atomic E-state index is 11.5. The van der Waals surface area contributed by atoms with Gasteiger partial charge in [-0.1, -0.05) is 0 Å². The van der Waals surface area contributed by atoms with Gasteiger partial charge in [0.05, 0.1) is 178 Å². The van der Waals surface area contributed by atoms with Crippen LogP contribution in [0, 0.1) is 0 Å². The molecule has 1 rings (SSSR count). The number of rotatable bonds is 46. The molecule has 28 nitrogen and oxygen atoms in total. The zero-order valence-electron chi connectivity index (χ0n) is 41.7. The summed E-state index contributed by atoms with van der Waals surface area (Å²) in [6.45, 7) is 15.6. The third kappa shape index (κ3) is 56.2. The second-order valence-corrected chi connectivity index (χ2v) is 14.1. The number of hydrogen-bond donors (Lipinski definition) is 6. The van der Waals surface area contributed by atoms with Crippen molar-refractivity contribution in [1.29, 1.82) is 0 Å². The first-order valence-corrected chi connectivity index (χ1v) is 23.2. The SMILES string of the molecule is CC(=O)NCCOCCOCCOCCOCCC(=O)NN.CC(=O)NCCOCCOCCOCCOCCC(=O)O.CC(=O)NCCOCCOCCOCCOCCC(=O)ON1C(=O)CCC1=O. The molecule has 1 saturated heterocycles. The van der Waals surface area contributed by atoms with E-state index in [9.17, 15) is 38.4 Å². The lowest BCUT2D eigenvalue weighted by atomic mass is 10.4. The highest BCUT2D eigenvalue weighted by molar-refractivity contribution is 6.01. The highest BCUT2D eigenvalue weighted by Gasteiger charge is 2.32. The maximum absolute atomic E-state index is 11.5. The van der Waals surface area contributed by atoms with E-state index < -0.39 is 23.8 Å². The third-order valence-corrected chi connectivity index (χ3v) is 7.95. The first kappa shape index (κ1) is 68.5. The van der Waals surface area contributed by atoms with Crippen molar-refractivity contribution in [2.75, 3.05) is 178 Å². The normalized spacial score (nSPS) is 11.8. The summed E-state index contributed by atoms with van der Waals surface area (Å²) in [4.78, 5) is 91.5.